The largest absolute Gasteiger partial charge is 0.478 e. The fourth-order valence-electron chi connectivity index (χ4n) is 1.53. The number of imidazole rings is 1. The van der Waals surface area contributed by atoms with Crippen molar-refractivity contribution in [2.45, 2.75) is 0 Å². The number of carboxylic acids is 1. The van der Waals surface area contributed by atoms with Crippen LogP contribution in [0.15, 0.2) is 18.2 Å². The lowest BCUT2D eigenvalue weighted by Crippen LogP contribution is -1.93. The molecular formula is C11H8F2N2O2. The second kappa shape index (κ2) is 3.97. The van der Waals surface area contributed by atoms with E-state index in [0.717, 1.165) is 18.2 Å². The van der Waals surface area contributed by atoms with Gasteiger partial charge in [-0.3, -0.25) is 0 Å². The fourth-order valence-corrected chi connectivity index (χ4v) is 1.53. The number of fused-ring (bicyclic) bond motifs is 1. The van der Waals surface area contributed by atoms with Crippen molar-refractivity contribution in [1.82, 2.24) is 9.55 Å². The molecule has 1 heterocycles. The number of halogens is 2. The van der Waals surface area contributed by atoms with Gasteiger partial charge in [-0.1, -0.05) is 0 Å². The molecule has 0 amide bonds. The third-order valence-corrected chi connectivity index (χ3v) is 2.31. The summed E-state index contributed by atoms with van der Waals surface area (Å²) in [6, 6.07) is 1.88. The highest BCUT2D eigenvalue weighted by molar-refractivity contribution is 5.86. The molecule has 0 fully saturated rings. The van der Waals surface area contributed by atoms with Crippen LogP contribution in [-0.2, 0) is 11.8 Å². The van der Waals surface area contributed by atoms with Crippen molar-refractivity contribution in [2.75, 3.05) is 0 Å². The van der Waals surface area contributed by atoms with Crippen LogP contribution in [0.1, 0.15) is 5.82 Å². The number of carbonyl (C=O) groups is 1. The Kier molecular flexibility index (Phi) is 2.63. The fraction of sp³-hybridized carbons (Fsp3) is 0.0909. The van der Waals surface area contributed by atoms with Gasteiger partial charge in [-0.2, -0.15) is 0 Å². The number of nitrogens with zero attached hydrogens (tertiary/aromatic N) is 2. The SMILES string of the molecule is Cn1c(/C=C/C(=O)O)nc2c(F)cc(F)cc21. The Balaban J connectivity index is 2.64. The molecule has 0 aliphatic rings. The Morgan fingerprint density at radius 1 is 1.47 bits per heavy atom. The first-order chi connectivity index (χ1) is 7.99. The van der Waals surface area contributed by atoms with Crippen LogP contribution in [-0.4, -0.2) is 20.6 Å². The van der Waals surface area contributed by atoms with Gasteiger partial charge in [0.2, 0.25) is 0 Å². The van der Waals surface area contributed by atoms with Crippen molar-refractivity contribution < 1.29 is 18.7 Å². The minimum absolute atomic E-state index is 0.0129. The van der Waals surface area contributed by atoms with Gasteiger partial charge in [-0.15, -0.1) is 0 Å². The third kappa shape index (κ3) is 2.01. The summed E-state index contributed by atoms with van der Waals surface area (Å²) in [7, 11) is 1.55. The monoisotopic (exact) mass is 238 g/mol. The Hall–Kier alpha value is -2.24. The van der Waals surface area contributed by atoms with E-state index < -0.39 is 17.6 Å². The summed E-state index contributed by atoms with van der Waals surface area (Å²) in [6.45, 7) is 0. The van der Waals surface area contributed by atoms with Gasteiger partial charge >= 0.3 is 5.97 Å². The van der Waals surface area contributed by atoms with Crippen molar-refractivity contribution in [1.29, 1.82) is 0 Å². The van der Waals surface area contributed by atoms with E-state index in [1.54, 1.807) is 7.05 Å². The summed E-state index contributed by atoms with van der Waals surface area (Å²) in [5.74, 6) is -2.37. The summed E-state index contributed by atoms with van der Waals surface area (Å²) in [5.41, 5.74) is 0.284. The zero-order valence-electron chi connectivity index (χ0n) is 8.82. The van der Waals surface area contributed by atoms with E-state index in [4.69, 9.17) is 5.11 Å². The third-order valence-electron chi connectivity index (χ3n) is 2.31. The first-order valence-electron chi connectivity index (χ1n) is 4.71. The Bertz CT molecular complexity index is 632. The van der Waals surface area contributed by atoms with E-state index in [1.165, 1.54) is 10.6 Å². The number of aromatic nitrogens is 2. The molecule has 0 aliphatic carbocycles. The highest BCUT2D eigenvalue weighted by Gasteiger charge is 2.11. The van der Waals surface area contributed by atoms with Crippen LogP contribution in [0.25, 0.3) is 17.1 Å². The molecule has 4 nitrogen and oxygen atoms in total. The summed E-state index contributed by atoms with van der Waals surface area (Å²) in [5, 5.41) is 8.48. The van der Waals surface area contributed by atoms with E-state index in [-0.39, 0.29) is 16.9 Å². The number of rotatable bonds is 2. The molecule has 1 aromatic carbocycles. The molecule has 88 valence electrons. The predicted molar refractivity (Wildman–Crippen MR) is 57.3 cm³/mol. The van der Waals surface area contributed by atoms with Gasteiger partial charge in [0.1, 0.15) is 17.2 Å². The molecule has 0 bridgehead atoms. The molecule has 0 radical (unpaired) electrons. The quantitative estimate of drug-likeness (QED) is 0.813. The van der Waals surface area contributed by atoms with Gasteiger partial charge in [0.25, 0.3) is 0 Å². The van der Waals surface area contributed by atoms with Crippen LogP contribution in [0.4, 0.5) is 8.78 Å². The number of hydrogen-bond acceptors (Lipinski definition) is 2. The van der Waals surface area contributed by atoms with Gasteiger partial charge in [0, 0.05) is 19.2 Å². The second-order valence-corrected chi connectivity index (χ2v) is 3.46. The molecule has 17 heavy (non-hydrogen) atoms. The van der Waals surface area contributed by atoms with E-state index in [9.17, 15) is 13.6 Å². The molecule has 0 unspecified atom stereocenters. The minimum Gasteiger partial charge on any atom is -0.478 e. The number of aliphatic carboxylic acids is 1. The molecule has 0 atom stereocenters. The lowest BCUT2D eigenvalue weighted by atomic mass is 10.3. The molecular weight excluding hydrogens is 230 g/mol. The summed E-state index contributed by atoms with van der Waals surface area (Å²) in [4.78, 5) is 14.3. The molecule has 6 heteroatoms. The molecule has 1 N–H and O–H groups in total. The van der Waals surface area contributed by atoms with Gasteiger partial charge in [-0.25, -0.2) is 18.6 Å². The van der Waals surface area contributed by atoms with Crippen LogP contribution < -0.4 is 0 Å². The zero-order valence-corrected chi connectivity index (χ0v) is 8.82. The van der Waals surface area contributed by atoms with Gasteiger partial charge in [-0.05, 0) is 12.1 Å². The van der Waals surface area contributed by atoms with E-state index in [1.807, 2.05) is 0 Å². The summed E-state index contributed by atoms with van der Waals surface area (Å²) < 4.78 is 27.8. The van der Waals surface area contributed by atoms with Gasteiger partial charge in [0.05, 0.1) is 5.52 Å². The predicted octanol–water partition coefficient (Wildman–Crippen LogP) is 1.95. The van der Waals surface area contributed by atoms with Crippen LogP contribution in [0.2, 0.25) is 0 Å². The topological polar surface area (TPSA) is 55.1 Å². The van der Waals surface area contributed by atoms with Crippen molar-refractivity contribution in [2.24, 2.45) is 7.05 Å². The standard InChI is InChI=1S/C11H8F2N2O2/c1-15-8-5-6(12)4-7(13)11(8)14-9(15)2-3-10(16)17/h2-5H,1H3,(H,16,17)/b3-2+. The Morgan fingerprint density at radius 3 is 2.82 bits per heavy atom. The van der Waals surface area contributed by atoms with Crippen LogP contribution in [0.5, 0.6) is 0 Å². The second-order valence-electron chi connectivity index (χ2n) is 3.46. The van der Waals surface area contributed by atoms with Crippen molar-refractivity contribution >= 4 is 23.1 Å². The van der Waals surface area contributed by atoms with E-state index in [0.29, 0.717) is 0 Å². The Labute approximate surface area is 94.8 Å². The first kappa shape index (κ1) is 11.3. The van der Waals surface area contributed by atoms with Crippen LogP contribution >= 0.6 is 0 Å². The molecule has 0 spiro atoms. The van der Waals surface area contributed by atoms with Crippen molar-refractivity contribution in [3.05, 3.63) is 35.7 Å². The summed E-state index contributed by atoms with van der Waals surface area (Å²) in [6.07, 6.45) is 2.11. The Morgan fingerprint density at radius 2 is 2.18 bits per heavy atom. The van der Waals surface area contributed by atoms with Crippen molar-refractivity contribution in [3.63, 3.8) is 0 Å². The maximum Gasteiger partial charge on any atom is 0.328 e. The average Bonchev–Trinajstić information content (AvgIpc) is 2.54. The lowest BCUT2D eigenvalue weighted by Gasteiger charge is -1.97. The molecule has 2 rings (SSSR count). The van der Waals surface area contributed by atoms with Crippen LogP contribution in [0.3, 0.4) is 0 Å². The van der Waals surface area contributed by atoms with E-state index >= 15 is 0 Å². The number of carboxylic acid groups (broad SMARTS) is 1. The maximum absolute atomic E-state index is 13.4. The molecule has 0 aliphatic heterocycles. The first-order valence-corrected chi connectivity index (χ1v) is 4.71. The minimum atomic E-state index is -1.14. The normalized spacial score (nSPS) is 11.5. The lowest BCUT2D eigenvalue weighted by molar-refractivity contribution is -0.131. The van der Waals surface area contributed by atoms with Crippen LogP contribution in [0, 0.1) is 11.6 Å². The number of aryl methyl sites for hydroxylation is 1. The number of hydrogen-bond donors (Lipinski definition) is 1. The highest BCUT2D eigenvalue weighted by Crippen LogP contribution is 2.20. The van der Waals surface area contributed by atoms with Gasteiger partial charge in [0.15, 0.2) is 5.82 Å². The highest BCUT2D eigenvalue weighted by atomic mass is 19.1. The average molecular weight is 238 g/mol. The molecule has 0 saturated heterocycles. The molecule has 0 saturated carbocycles. The smallest absolute Gasteiger partial charge is 0.328 e. The number of benzene rings is 1. The molecule has 2 aromatic rings. The molecule has 1 aromatic heterocycles. The zero-order chi connectivity index (χ0) is 12.6. The van der Waals surface area contributed by atoms with E-state index in [2.05, 4.69) is 4.98 Å². The van der Waals surface area contributed by atoms with Crippen molar-refractivity contribution in [3.8, 4) is 0 Å². The summed E-state index contributed by atoms with van der Waals surface area (Å²) >= 11 is 0. The maximum atomic E-state index is 13.4. The van der Waals surface area contributed by atoms with Gasteiger partial charge < -0.3 is 9.67 Å².